The zero-order valence-electron chi connectivity index (χ0n) is 11.8. The molecule has 0 bridgehead atoms. The highest BCUT2D eigenvalue weighted by atomic mass is 19.1. The van der Waals surface area contributed by atoms with E-state index in [0.717, 1.165) is 0 Å². The number of hydrogen-bond donors (Lipinski definition) is 2. The van der Waals surface area contributed by atoms with Gasteiger partial charge in [-0.15, -0.1) is 0 Å². The molecule has 114 valence electrons. The molecule has 0 fully saturated rings. The van der Waals surface area contributed by atoms with E-state index in [1.54, 1.807) is 12.1 Å². The summed E-state index contributed by atoms with van der Waals surface area (Å²) in [6.45, 7) is 0.154. The predicted octanol–water partition coefficient (Wildman–Crippen LogP) is 1.67. The molecule has 1 amide bonds. The number of ether oxygens (including phenoxy) is 1. The second-order valence-corrected chi connectivity index (χ2v) is 4.30. The van der Waals surface area contributed by atoms with Crippen molar-refractivity contribution >= 4 is 11.9 Å². The van der Waals surface area contributed by atoms with Gasteiger partial charge in [-0.1, -0.05) is 18.2 Å². The maximum atomic E-state index is 13.3. The number of nitrogens with one attached hydrogen (secondary N) is 2. The molecule has 1 aromatic carbocycles. The van der Waals surface area contributed by atoms with Crippen molar-refractivity contribution in [2.45, 2.75) is 0 Å². The highest BCUT2D eigenvalue weighted by molar-refractivity contribution is 5.99. The smallest absolute Gasteiger partial charge is 0.330 e. The summed E-state index contributed by atoms with van der Waals surface area (Å²) in [7, 11) is 1.27. The number of carbonyl (C=O) groups excluding carboxylic acids is 2. The van der Waals surface area contributed by atoms with Gasteiger partial charge in [0.15, 0.2) is 0 Å². The van der Waals surface area contributed by atoms with Gasteiger partial charge in [0, 0.05) is 18.2 Å². The number of hydrogen-bond acceptors (Lipinski definition) is 4. The Morgan fingerprint density at radius 2 is 2.27 bits per heavy atom. The summed E-state index contributed by atoms with van der Waals surface area (Å²) in [6.07, 6.45) is 4.04. The number of methoxy groups -OCH3 is 1. The molecule has 7 heteroatoms. The quantitative estimate of drug-likeness (QED) is 0.650. The molecule has 2 rings (SSSR count). The fraction of sp³-hybridized carbons (Fsp3) is 0.133. The van der Waals surface area contributed by atoms with E-state index in [1.807, 2.05) is 0 Å². The summed E-state index contributed by atoms with van der Waals surface area (Å²) in [5.41, 5.74) is 1.23. The van der Waals surface area contributed by atoms with Crippen LogP contribution in [0.15, 0.2) is 42.6 Å². The first-order chi connectivity index (χ1) is 10.6. The van der Waals surface area contributed by atoms with Crippen molar-refractivity contribution in [3.8, 4) is 11.3 Å². The van der Waals surface area contributed by atoms with Crippen molar-refractivity contribution < 1.29 is 18.7 Å². The van der Waals surface area contributed by atoms with E-state index < -0.39 is 11.8 Å². The maximum Gasteiger partial charge on any atom is 0.330 e. The van der Waals surface area contributed by atoms with E-state index in [2.05, 4.69) is 20.3 Å². The first kappa shape index (κ1) is 15.4. The van der Waals surface area contributed by atoms with Crippen molar-refractivity contribution in [2.24, 2.45) is 0 Å². The molecule has 0 atom stereocenters. The van der Waals surface area contributed by atoms with Gasteiger partial charge in [0.1, 0.15) is 5.82 Å². The number of H-pyrrole nitrogens is 1. The lowest BCUT2D eigenvalue weighted by Crippen LogP contribution is -2.23. The Hall–Kier alpha value is -2.96. The molecule has 0 aliphatic rings. The molecular formula is C15H14FN3O3. The largest absolute Gasteiger partial charge is 0.466 e. The van der Waals surface area contributed by atoms with Crippen LogP contribution in [-0.4, -0.2) is 35.7 Å². The Morgan fingerprint density at radius 1 is 1.45 bits per heavy atom. The lowest BCUT2D eigenvalue weighted by atomic mass is 10.1. The Balaban J connectivity index is 2.07. The van der Waals surface area contributed by atoms with Crippen molar-refractivity contribution in [3.63, 3.8) is 0 Å². The van der Waals surface area contributed by atoms with Crippen molar-refractivity contribution in [3.05, 3.63) is 54.0 Å². The molecule has 0 saturated heterocycles. The Bertz CT molecular complexity index is 710. The molecular weight excluding hydrogens is 289 g/mol. The summed E-state index contributed by atoms with van der Waals surface area (Å²) >= 11 is 0. The molecule has 0 saturated carbocycles. The van der Waals surface area contributed by atoms with Gasteiger partial charge in [0.25, 0.3) is 5.91 Å². The van der Waals surface area contributed by atoms with E-state index >= 15 is 0 Å². The van der Waals surface area contributed by atoms with Gasteiger partial charge in [0.2, 0.25) is 0 Å². The number of rotatable bonds is 5. The average molecular weight is 303 g/mol. The SMILES string of the molecule is COC(=O)/C=C/CNC(=O)c1cn[nH]c1-c1cccc(F)c1. The molecule has 1 aromatic heterocycles. The van der Waals surface area contributed by atoms with Gasteiger partial charge in [-0.25, -0.2) is 9.18 Å². The average Bonchev–Trinajstić information content (AvgIpc) is 3.00. The minimum atomic E-state index is -0.502. The molecule has 2 aromatic rings. The first-order valence-corrected chi connectivity index (χ1v) is 6.44. The zero-order valence-corrected chi connectivity index (χ0v) is 11.8. The van der Waals surface area contributed by atoms with Gasteiger partial charge in [0.05, 0.1) is 24.6 Å². The fourth-order valence-electron chi connectivity index (χ4n) is 1.79. The number of amides is 1. The molecule has 0 radical (unpaired) electrons. The van der Waals surface area contributed by atoms with Crippen LogP contribution in [0.2, 0.25) is 0 Å². The lowest BCUT2D eigenvalue weighted by Gasteiger charge is -2.04. The highest BCUT2D eigenvalue weighted by Crippen LogP contribution is 2.21. The van der Waals surface area contributed by atoms with Crippen LogP contribution in [0.25, 0.3) is 11.3 Å². The minimum Gasteiger partial charge on any atom is -0.466 e. The molecule has 2 N–H and O–H groups in total. The molecule has 0 unspecified atom stereocenters. The molecule has 22 heavy (non-hydrogen) atoms. The van der Waals surface area contributed by atoms with E-state index in [9.17, 15) is 14.0 Å². The first-order valence-electron chi connectivity index (χ1n) is 6.44. The lowest BCUT2D eigenvalue weighted by molar-refractivity contribution is -0.134. The van der Waals surface area contributed by atoms with Crippen LogP contribution in [-0.2, 0) is 9.53 Å². The third-order valence-electron chi connectivity index (χ3n) is 2.83. The number of benzene rings is 1. The van der Waals surface area contributed by atoms with Crippen molar-refractivity contribution in [2.75, 3.05) is 13.7 Å². The zero-order chi connectivity index (χ0) is 15.9. The summed E-state index contributed by atoms with van der Waals surface area (Å²) in [6, 6.07) is 5.84. The monoisotopic (exact) mass is 303 g/mol. The van der Waals surface area contributed by atoms with Crippen LogP contribution in [0.5, 0.6) is 0 Å². The van der Waals surface area contributed by atoms with Gasteiger partial charge < -0.3 is 10.1 Å². The van der Waals surface area contributed by atoms with E-state index in [0.29, 0.717) is 11.3 Å². The Kier molecular flexibility index (Phi) is 5.02. The summed E-state index contributed by atoms with van der Waals surface area (Å²) in [5.74, 6) is -1.29. The van der Waals surface area contributed by atoms with Crippen LogP contribution in [0, 0.1) is 5.82 Å². The molecule has 0 spiro atoms. The number of esters is 1. The van der Waals surface area contributed by atoms with E-state index in [1.165, 1.54) is 37.6 Å². The summed E-state index contributed by atoms with van der Waals surface area (Å²) in [4.78, 5) is 23.0. The number of aromatic nitrogens is 2. The predicted molar refractivity (Wildman–Crippen MR) is 77.5 cm³/mol. The molecule has 6 nitrogen and oxygen atoms in total. The minimum absolute atomic E-state index is 0.154. The maximum absolute atomic E-state index is 13.3. The van der Waals surface area contributed by atoms with Gasteiger partial charge in [-0.05, 0) is 12.1 Å². The second-order valence-electron chi connectivity index (χ2n) is 4.30. The molecule has 0 aliphatic heterocycles. The van der Waals surface area contributed by atoms with Gasteiger partial charge >= 0.3 is 5.97 Å². The topological polar surface area (TPSA) is 84.1 Å². The highest BCUT2D eigenvalue weighted by Gasteiger charge is 2.14. The molecule has 0 aliphatic carbocycles. The van der Waals surface area contributed by atoms with Gasteiger partial charge in [-0.2, -0.15) is 5.10 Å². The number of nitrogens with zero attached hydrogens (tertiary/aromatic N) is 1. The Labute approximate surface area is 126 Å². The number of aromatic amines is 1. The van der Waals surface area contributed by atoms with Gasteiger partial charge in [-0.3, -0.25) is 9.89 Å². The van der Waals surface area contributed by atoms with Crippen LogP contribution in [0.3, 0.4) is 0 Å². The summed E-state index contributed by atoms with van der Waals surface area (Å²) in [5, 5.41) is 9.10. The molecule has 1 heterocycles. The fourth-order valence-corrected chi connectivity index (χ4v) is 1.79. The van der Waals surface area contributed by atoms with Crippen LogP contribution in [0.1, 0.15) is 10.4 Å². The van der Waals surface area contributed by atoms with Crippen LogP contribution in [0.4, 0.5) is 4.39 Å². The standard InChI is InChI=1S/C15H14FN3O3/c1-22-13(20)6-3-7-17-15(21)12-9-18-19-14(12)10-4-2-5-11(16)8-10/h2-6,8-9H,7H2,1H3,(H,17,21)(H,18,19)/b6-3+. The third-order valence-corrected chi connectivity index (χ3v) is 2.83. The number of halogens is 1. The number of carbonyl (C=O) groups is 2. The summed E-state index contributed by atoms with van der Waals surface area (Å²) < 4.78 is 17.7. The van der Waals surface area contributed by atoms with Crippen LogP contribution < -0.4 is 5.32 Å². The van der Waals surface area contributed by atoms with E-state index in [4.69, 9.17) is 0 Å². The van der Waals surface area contributed by atoms with Crippen LogP contribution >= 0.6 is 0 Å². The van der Waals surface area contributed by atoms with Crippen molar-refractivity contribution in [1.29, 1.82) is 0 Å². The Morgan fingerprint density at radius 3 is 3.00 bits per heavy atom. The van der Waals surface area contributed by atoms with Crippen molar-refractivity contribution in [1.82, 2.24) is 15.5 Å². The second kappa shape index (κ2) is 7.16. The third kappa shape index (κ3) is 3.78. The van der Waals surface area contributed by atoms with E-state index in [-0.39, 0.29) is 18.0 Å². The normalized spacial score (nSPS) is 10.6.